The lowest BCUT2D eigenvalue weighted by Gasteiger charge is -2.36. The van der Waals surface area contributed by atoms with Crippen LogP contribution in [0.5, 0.6) is 5.75 Å². The third kappa shape index (κ3) is 8.16. The fraction of sp³-hybridized carbons (Fsp3) is 0.500. The van der Waals surface area contributed by atoms with E-state index in [0.29, 0.717) is 35.6 Å². The van der Waals surface area contributed by atoms with Crippen LogP contribution in [-0.2, 0) is 20.6 Å². The van der Waals surface area contributed by atoms with E-state index in [9.17, 15) is 4.79 Å². The van der Waals surface area contributed by atoms with Crippen LogP contribution in [0.15, 0.2) is 41.4 Å². The average molecular weight is 565 g/mol. The molecule has 0 amide bonds. The number of nitrogens with zero attached hydrogens (tertiary/aromatic N) is 3. The number of unbranched alkanes of at least 4 members (excludes halogenated alkanes) is 1. The number of carbonyl (C=O) groups is 1. The second kappa shape index (κ2) is 14.5. The Labute approximate surface area is 234 Å². The normalized spacial score (nSPS) is 15.4. The first-order chi connectivity index (χ1) is 18.5. The fourth-order valence-corrected chi connectivity index (χ4v) is 4.85. The molecule has 4 rings (SSSR count). The monoisotopic (exact) mass is 563 g/mol. The molecule has 2 aliphatic rings. The van der Waals surface area contributed by atoms with Crippen molar-refractivity contribution in [1.82, 2.24) is 4.90 Å². The summed E-state index contributed by atoms with van der Waals surface area (Å²) >= 11 is 12.6. The lowest BCUT2D eigenvalue weighted by Crippen LogP contribution is -2.46. The molecule has 10 heteroatoms. The van der Waals surface area contributed by atoms with Gasteiger partial charge in [-0.05, 0) is 56.0 Å². The Morgan fingerprint density at radius 1 is 0.974 bits per heavy atom. The van der Waals surface area contributed by atoms with Gasteiger partial charge in [-0.3, -0.25) is 4.90 Å². The van der Waals surface area contributed by atoms with Gasteiger partial charge in [0.1, 0.15) is 5.75 Å². The number of piperazine rings is 1. The fourth-order valence-electron chi connectivity index (χ4n) is 4.43. The zero-order chi connectivity index (χ0) is 26.7. The van der Waals surface area contributed by atoms with Crippen LogP contribution in [0.25, 0.3) is 0 Å². The maximum Gasteiger partial charge on any atom is 0.511 e. The highest BCUT2D eigenvalue weighted by Gasteiger charge is 2.19. The largest absolute Gasteiger partial charge is 0.511 e. The van der Waals surface area contributed by atoms with Gasteiger partial charge in [-0.25, -0.2) is 9.79 Å². The van der Waals surface area contributed by atoms with Gasteiger partial charge < -0.3 is 23.8 Å². The van der Waals surface area contributed by atoms with Crippen LogP contribution in [0.1, 0.15) is 38.2 Å². The third-order valence-corrected chi connectivity index (χ3v) is 7.33. The molecule has 2 aromatic carbocycles. The van der Waals surface area contributed by atoms with Crippen molar-refractivity contribution in [2.24, 2.45) is 4.99 Å². The van der Waals surface area contributed by atoms with E-state index < -0.39 is 6.16 Å². The Balaban J connectivity index is 1.14. The van der Waals surface area contributed by atoms with Gasteiger partial charge >= 0.3 is 6.16 Å². The zero-order valence-electron chi connectivity index (χ0n) is 21.8. The molecular formula is C28H35Cl2N3O5. The number of halogens is 2. The summed E-state index contributed by atoms with van der Waals surface area (Å²) < 4.78 is 21.3. The number of benzene rings is 2. The predicted octanol–water partition coefficient (Wildman–Crippen LogP) is 6.49. The second-order valence-corrected chi connectivity index (χ2v) is 10.0. The number of carbonyl (C=O) groups excluding carboxylic acids is 1. The quantitative estimate of drug-likeness (QED) is 0.176. The maximum absolute atomic E-state index is 11.4. The summed E-state index contributed by atoms with van der Waals surface area (Å²) in [5.41, 5.74) is 2.99. The number of rotatable bonds is 11. The number of fused-ring (bicyclic) bond motifs is 1. The molecule has 2 heterocycles. The number of ether oxygens (including phenoxy) is 4. The molecule has 0 aromatic heterocycles. The van der Waals surface area contributed by atoms with Crippen LogP contribution in [-0.4, -0.2) is 69.7 Å². The third-order valence-electron chi connectivity index (χ3n) is 6.52. The van der Waals surface area contributed by atoms with Gasteiger partial charge in [-0.1, -0.05) is 42.3 Å². The van der Waals surface area contributed by atoms with Crippen molar-refractivity contribution in [3.8, 4) is 5.75 Å². The molecule has 0 spiro atoms. The van der Waals surface area contributed by atoms with E-state index in [0.717, 1.165) is 81.1 Å². The lowest BCUT2D eigenvalue weighted by molar-refractivity contribution is -0.000953. The summed E-state index contributed by atoms with van der Waals surface area (Å²) in [7, 11) is 0. The van der Waals surface area contributed by atoms with Crippen molar-refractivity contribution in [2.45, 2.75) is 39.0 Å². The molecule has 0 atom stereocenters. The summed E-state index contributed by atoms with van der Waals surface area (Å²) in [6.07, 6.45) is 3.51. The van der Waals surface area contributed by atoms with Gasteiger partial charge in [-0.15, -0.1) is 0 Å². The van der Waals surface area contributed by atoms with Crippen molar-refractivity contribution in [2.75, 3.05) is 57.6 Å². The number of aliphatic imine (C=N–C) groups is 1. The van der Waals surface area contributed by atoms with Crippen molar-refractivity contribution < 1.29 is 23.7 Å². The molecule has 0 aliphatic carbocycles. The lowest BCUT2D eigenvalue weighted by atomic mass is 10.0. The van der Waals surface area contributed by atoms with Crippen molar-refractivity contribution >= 4 is 46.6 Å². The Hall–Kier alpha value is -2.68. The summed E-state index contributed by atoms with van der Waals surface area (Å²) in [6.45, 7) is 7.61. The Morgan fingerprint density at radius 2 is 1.82 bits per heavy atom. The molecule has 0 N–H and O–H groups in total. The number of anilines is 1. The molecule has 0 unspecified atom stereocenters. The molecule has 2 aliphatic heterocycles. The maximum atomic E-state index is 11.4. The summed E-state index contributed by atoms with van der Waals surface area (Å²) in [4.78, 5) is 20.8. The first-order valence-electron chi connectivity index (χ1n) is 13.2. The van der Waals surface area contributed by atoms with Crippen molar-refractivity contribution in [1.29, 1.82) is 0 Å². The highest BCUT2D eigenvalue weighted by Crippen LogP contribution is 2.33. The standard InChI is InChI=1S/C28H35Cl2N3O5/c1-2-17-36-28(34)38-20-37-26-11-9-21-8-10-22(19-24(21)31-26)35-18-4-3-12-32-13-15-33(16-14-32)25-7-5-6-23(29)27(25)30/h5-8,10,19H,2-4,9,11-18,20H2,1H3. The average Bonchev–Trinajstić information content (AvgIpc) is 2.93. The highest BCUT2D eigenvalue weighted by atomic mass is 35.5. The van der Waals surface area contributed by atoms with Crippen LogP contribution in [0, 0.1) is 0 Å². The van der Waals surface area contributed by atoms with Crippen LogP contribution in [0.3, 0.4) is 0 Å². The van der Waals surface area contributed by atoms with Gasteiger partial charge in [0.15, 0.2) is 5.90 Å². The van der Waals surface area contributed by atoms with Crippen LogP contribution in [0.4, 0.5) is 16.2 Å². The smallest absolute Gasteiger partial charge is 0.494 e. The molecule has 1 fully saturated rings. The Morgan fingerprint density at radius 3 is 2.63 bits per heavy atom. The predicted molar refractivity (Wildman–Crippen MR) is 150 cm³/mol. The SMILES string of the molecule is CCCOC(=O)OCOC1=Nc2cc(OCCCCN3CCN(c4cccc(Cl)c4Cl)CC3)ccc2CC1. The van der Waals surface area contributed by atoms with Crippen molar-refractivity contribution in [3.05, 3.63) is 52.0 Å². The van der Waals surface area contributed by atoms with E-state index >= 15 is 0 Å². The van der Waals surface area contributed by atoms with Gasteiger partial charge in [0.2, 0.25) is 6.79 Å². The summed E-state index contributed by atoms with van der Waals surface area (Å²) in [5, 5.41) is 1.23. The number of aryl methyl sites for hydroxylation is 1. The van der Waals surface area contributed by atoms with E-state index in [4.69, 9.17) is 42.1 Å². The van der Waals surface area contributed by atoms with E-state index in [2.05, 4.69) is 20.9 Å². The van der Waals surface area contributed by atoms with Gasteiger partial charge in [0, 0.05) is 38.7 Å². The van der Waals surface area contributed by atoms with E-state index in [1.54, 1.807) is 0 Å². The van der Waals surface area contributed by atoms with Crippen LogP contribution < -0.4 is 9.64 Å². The summed E-state index contributed by atoms with van der Waals surface area (Å²) in [5.74, 6) is 1.33. The second-order valence-electron chi connectivity index (χ2n) is 9.26. The van der Waals surface area contributed by atoms with Gasteiger partial charge in [0.25, 0.3) is 0 Å². The molecule has 2 aromatic rings. The molecular weight excluding hydrogens is 529 g/mol. The zero-order valence-corrected chi connectivity index (χ0v) is 23.3. The molecule has 38 heavy (non-hydrogen) atoms. The minimum atomic E-state index is -0.732. The topological polar surface area (TPSA) is 72.8 Å². The number of hydrogen-bond donors (Lipinski definition) is 0. The molecule has 0 saturated carbocycles. The van der Waals surface area contributed by atoms with Crippen LogP contribution >= 0.6 is 23.2 Å². The van der Waals surface area contributed by atoms with Gasteiger partial charge in [0.05, 0.1) is 34.6 Å². The van der Waals surface area contributed by atoms with E-state index in [1.165, 1.54) is 0 Å². The summed E-state index contributed by atoms with van der Waals surface area (Å²) in [6, 6.07) is 11.8. The molecule has 0 radical (unpaired) electrons. The Bertz CT molecular complexity index is 1110. The first kappa shape index (κ1) is 28.3. The molecule has 206 valence electrons. The van der Waals surface area contributed by atoms with Gasteiger partial charge in [-0.2, -0.15) is 0 Å². The van der Waals surface area contributed by atoms with E-state index in [1.807, 2.05) is 37.3 Å². The molecule has 1 saturated heterocycles. The minimum absolute atomic E-state index is 0.212. The van der Waals surface area contributed by atoms with Crippen molar-refractivity contribution in [3.63, 3.8) is 0 Å². The Kier molecular flexibility index (Phi) is 10.8. The molecule has 8 nitrogen and oxygen atoms in total. The van der Waals surface area contributed by atoms with E-state index in [-0.39, 0.29) is 6.79 Å². The number of hydrogen-bond acceptors (Lipinski definition) is 8. The molecule has 0 bridgehead atoms. The minimum Gasteiger partial charge on any atom is -0.494 e. The van der Waals surface area contributed by atoms with Crippen LogP contribution in [0.2, 0.25) is 10.0 Å². The highest BCUT2D eigenvalue weighted by molar-refractivity contribution is 6.43. The first-order valence-corrected chi connectivity index (χ1v) is 14.0.